The number of rotatable bonds is 2. The van der Waals surface area contributed by atoms with Crippen molar-refractivity contribution >= 4 is 0 Å². The lowest BCUT2D eigenvalue weighted by Crippen LogP contribution is -2.29. The van der Waals surface area contributed by atoms with E-state index in [1.54, 1.807) is 0 Å². The van der Waals surface area contributed by atoms with Gasteiger partial charge in [-0.1, -0.05) is 45.0 Å². The van der Waals surface area contributed by atoms with E-state index in [1.165, 1.54) is 11.1 Å². The fourth-order valence-corrected chi connectivity index (χ4v) is 2.78. The number of hydrogen-bond acceptors (Lipinski definition) is 2. The van der Waals surface area contributed by atoms with E-state index < -0.39 is 0 Å². The van der Waals surface area contributed by atoms with Crippen LogP contribution < -0.4 is 0 Å². The second-order valence-corrected chi connectivity index (χ2v) is 6.75. The van der Waals surface area contributed by atoms with E-state index in [9.17, 15) is 0 Å². The molecule has 0 saturated heterocycles. The van der Waals surface area contributed by atoms with Crippen LogP contribution in [0.3, 0.4) is 0 Å². The molecule has 106 valence electrons. The first-order chi connectivity index (χ1) is 9.52. The van der Waals surface area contributed by atoms with Gasteiger partial charge >= 0.3 is 0 Å². The van der Waals surface area contributed by atoms with Crippen molar-refractivity contribution in [1.82, 2.24) is 4.90 Å². The zero-order valence-electron chi connectivity index (χ0n) is 12.6. The Bertz CT molecular complexity index is 591. The minimum Gasteiger partial charge on any atom is -0.464 e. The van der Waals surface area contributed by atoms with Crippen molar-refractivity contribution in [2.24, 2.45) is 0 Å². The van der Waals surface area contributed by atoms with Crippen LogP contribution in [-0.2, 0) is 24.9 Å². The molecule has 2 nitrogen and oxygen atoms in total. The molecule has 0 saturated carbocycles. The maximum Gasteiger partial charge on any atom is 0.118 e. The van der Waals surface area contributed by atoms with Crippen LogP contribution in [0.2, 0.25) is 0 Å². The van der Waals surface area contributed by atoms with Crippen LogP contribution in [0, 0.1) is 0 Å². The fourth-order valence-electron chi connectivity index (χ4n) is 2.78. The summed E-state index contributed by atoms with van der Waals surface area (Å²) in [6, 6.07) is 13.0. The smallest absolute Gasteiger partial charge is 0.118 e. The van der Waals surface area contributed by atoms with Crippen LogP contribution in [-0.4, -0.2) is 11.4 Å². The second-order valence-electron chi connectivity index (χ2n) is 6.75. The topological polar surface area (TPSA) is 16.4 Å². The molecule has 3 rings (SSSR count). The van der Waals surface area contributed by atoms with E-state index in [-0.39, 0.29) is 5.41 Å². The van der Waals surface area contributed by atoms with Crippen molar-refractivity contribution in [2.75, 3.05) is 6.54 Å². The highest BCUT2D eigenvalue weighted by molar-refractivity contribution is 5.29. The Kier molecular flexibility index (Phi) is 3.43. The molecule has 0 bridgehead atoms. The molecular formula is C18H23NO. The zero-order valence-corrected chi connectivity index (χ0v) is 12.6. The minimum absolute atomic E-state index is 0.0900. The third-order valence-corrected chi connectivity index (χ3v) is 3.99. The molecule has 0 spiro atoms. The molecule has 0 atom stereocenters. The molecule has 0 radical (unpaired) electrons. The standard InChI is InChI=1S/C18H23NO/c1-18(2,3)17-9-8-16(20-17)13-19-11-10-14-6-4-5-7-15(14)12-19/h4-9H,10-13H2,1-3H3. The summed E-state index contributed by atoms with van der Waals surface area (Å²) in [5.74, 6) is 2.15. The van der Waals surface area contributed by atoms with E-state index in [0.717, 1.165) is 37.6 Å². The van der Waals surface area contributed by atoms with Gasteiger partial charge in [0, 0.05) is 18.5 Å². The molecule has 0 N–H and O–H groups in total. The average Bonchev–Trinajstić information content (AvgIpc) is 2.87. The lowest BCUT2D eigenvalue weighted by Gasteiger charge is -2.27. The Morgan fingerprint density at radius 3 is 2.50 bits per heavy atom. The Morgan fingerprint density at radius 1 is 1.05 bits per heavy atom. The highest BCUT2D eigenvalue weighted by Gasteiger charge is 2.20. The molecule has 1 aromatic heterocycles. The molecule has 2 heterocycles. The predicted octanol–water partition coefficient (Wildman–Crippen LogP) is 4.14. The van der Waals surface area contributed by atoms with Crippen molar-refractivity contribution < 1.29 is 4.42 Å². The van der Waals surface area contributed by atoms with E-state index in [0.29, 0.717) is 0 Å². The Morgan fingerprint density at radius 2 is 1.80 bits per heavy atom. The summed E-state index contributed by atoms with van der Waals surface area (Å²) in [5.41, 5.74) is 3.05. The summed E-state index contributed by atoms with van der Waals surface area (Å²) in [5, 5.41) is 0. The number of nitrogens with zero attached hydrogens (tertiary/aromatic N) is 1. The van der Waals surface area contributed by atoms with Crippen molar-refractivity contribution in [1.29, 1.82) is 0 Å². The zero-order chi connectivity index (χ0) is 14.2. The van der Waals surface area contributed by atoms with Gasteiger partial charge in [-0.25, -0.2) is 0 Å². The fraction of sp³-hybridized carbons (Fsp3) is 0.444. The van der Waals surface area contributed by atoms with Gasteiger partial charge in [-0.15, -0.1) is 0 Å². The predicted molar refractivity (Wildman–Crippen MR) is 81.7 cm³/mol. The molecule has 2 heteroatoms. The van der Waals surface area contributed by atoms with Crippen LogP contribution >= 0.6 is 0 Å². The molecule has 1 aliphatic rings. The molecule has 0 amide bonds. The third-order valence-electron chi connectivity index (χ3n) is 3.99. The van der Waals surface area contributed by atoms with Crippen LogP contribution in [0.5, 0.6) is 0 Å². The molecule has 2 aromatic rings. The van der Waals surface area contributed by atoms with Crippen molar-refractivity contribution in [3.63, 3.8) is 0 Å². The molecular weight excluding hydrogens is 246 g/mol. The van der Waals surface area contributed by atoms with Gasteiger partial charge in [0.25, 0.3) is 0 Å². The van der Waals surface area contributed by atoms with E-state index in [2.05, 4.69) is 62.1 Å². The Labute approximate surface area is 121 Å². The molecule has 1 aliphatic heterocycles. The van der Waals surface area contributed by atoms with E-state index in [1.807, 2.05) is 0 Å². The third kappa shape index (κ3) is 2.80. The Balaban J connectivity index is 1.69. The summed E-state index contributed by atoms with van der Waals surface area (Å²) in [6.45, 7) is 9.61. The maximum atomic E-state index is 6.00. The van der Waals surface area contributed by atoms with Gasteiger partial charge in [-0.2, -0.15) is 0 Å². The van der Waals surface area contributed by atoms with Crippen LogP contribution in [0.25, 0.3) is 0 Å². The highest BCUT2D eigenvalue weighted by Crippen LogP contribution is 2.26. The molecule has 1 aromatic carbocycles. The first-order valence-electron chi connectivity index (χ1n) is 7.41. The van der Waals surface area contributed by atoms with Gasteiger partial charge in [-0.05, 0) is 29.7 Å². The van der Waals surface area contributed by atoms with Gasteiger partial charge in [-0.3, -0.25) is 4.90 Å². The number of furan rings is 1. The first-order valence-corrected chi connectivity index (χ1v) is 7.41. The van der Waals surface area contributed by atoms with E-state index >= 15 is 0 Å². The van der Waals surface area contributed by atoms with Crippen LogP contribution in [0.4, 0.5) is 0 Å². The van der Waals surface area contributed by atoms with E-state index in [4.69, 9.17) is 4.42 Å². The molecule has 0 unspecified atom stereocenters. The quantitative estimate of drug-likeness (QED) is 0.815. The summed E-state index contributed by atoms with van der Waals surface area (Å²) < 4.78 is 6.00. The van der Waals surface area contributed by atoms with Gasteiger partial charge in [0.1, 0.15) is 11.5 Å². The summed E-state index contributed by atoms with van der Waals surface area (Å²) in [7, 11) is 0. The van der Waals surface area contributed by atoms with Gasteiger partial charge in [0.05, 0.1) is 6.54 Å². The number of benzene rings is 1. The van der Waals surface area contributed by atoms with Crippen molar-refractivity contribution in [2.45, 2.75) is 45.7 Å². The normalized spacial score (nSPS) is 16.1. The van der Waals surface area contributed by atoms with Gasteiger partial charge in [0.2, 0.25) is 0 Å². The lowest BCUT2D eigenvalue weighted by atomic mass is 9.94. The average molecular weight is 269 g/mol. The lowest BCUT2D eigenvalue weighted by molar-refractivity contribution is 0.220. The Hall–Kier alpha value is -1.54. The summed E-state index contributed by atoms with van der Waals surface area (Å²) >= 11 is 0. The molecule has 0 aliphatic carbocycles. The maximum absolute atomic E-state index is 6.00. The van der Waals surface area contributed by atoms with Gasteiger partial charge in [0.15, 0.2) is 0 Å². The number of hydrogen-bond donors (Lipinski definition) is 0. The van der Waals surface area contributed by atoms with Crippen molar-refractivity contribution in [3.05, 3.63) is 59.0 Å². The largest absolute Gasteiger partial charge is 0.464 e. The summed E-state index contributed by atoms with van der Waals surface area (Å²) in [6.07, 6.45) is 1.14. The number of fused-ring (bicyclic) bond motifs is 1. The second kappa shape index (κ2) is 5.10. The van der Waals surface area contributed by atoms with Crippen LogP contribution in [0.15, 0.2) is 40.8 Å². The summed E-state index contributed by atoms with van der Waals surface area (Å²) in [4.78, 5) is 2.47. The first kappa shape index (κ1) is 13.4. The highest BCUT2D eigenvalue weighted by atomic mass is 16.3. The molecule has 0 fully saturated rings. The SMILES string of the molecule is CC(C)(C)c1ccc(CN2CCc3ccccc3C2)o1. The van der Waals surface area contributed by atoms with Crippen LogP contribution in [0.1, 0.15) is 43.4 Å². The minimum atomic E-state index is 0.0900. The van der Waals surface area contributed by atoms with Gasteiger partial charge < -0.3 is 4.42 Å². The van der Waals surface area contributed by atoms with Crippen molar-refractivity contribution in [3.8, 4) is 0 Å². The molecule has 20 heavy (non-hydrogen) atoms. The monoisotopic (exact) mass is 269 g/mol.